The molecule has 0 atom stereocenters. The van der Waals surface area contributed by atoms with Crippen LogP contribution in [0.1, 0.15) is 0 Å². The number of nitrogens with zero attached hydrogens (tertiary/aromatic N) is 3. The van der Waals surface area contributed by atoms with E-state index in [4.69, 9.17) is 0 Å². The first kappa shape index (κ1) is 13.7. The van der Waals surface area contributed by atoms with Crippen LogP contribution in [-0.4, -0.2) is 20.0 Å². The Labute approximate surface area is 125 Å². The molecule has 1 aromatic heterocycles. The van der Waals surface area contributed by atoms with Gasteiger partial charge in [0.1, 0.15) is 0 Å². The number of hydrogen-bond donors (Lipinski definition) is 1. The minimum Gasteiger partial charge on any atom is -0.493 e. The first-order valence-corrected chi connectivity index (χ1v) is 6.52. The van der Waals surface area contributed by atoms with Crippen molar-refractivity contribution < 1.29 is 10.0 Å². The van der Waals surface area contributed by atoms with Gasteiger partial charge in [0.25, 0.3) is 5.69 Å². The maximum atomic E-state index is 10.7. The van der Waals surface area contributed by atoms with Crippen molar-refractivity contribution in [1.29, 1.82) is 0 Å². The average molecular weight is 293 g/mol. The van der Waals surface area contributed by atoms with Crippen molar-refractivity contribution >= 4 is 5.69 Å². The second-order valence-electron chi connectivity index (χ2n) is 4.60. The van der Waals surface area contributed by atoms with E-state index in [1.54, 1.807) is 12.1 Å². The van der Waals surface area contributed by atoms with Crippen LogP contribution < -0.4 is 0 Å². The van der Waals surface area contributed by atoms with Gasteiger partial charge in [-0.2, -0.15) is 4.98 Å². The predicted octanol–water partition coefficient (Wildman–Crippen LogP) is 3.42. The van der Waals surface area contributed by atoms with Gasteiger partial charge in [0.15, 0.2) is 5.82 Å². The van der Waals surface area contributed by atoms with Crippen LogP contribution in [0.25, 0.3) is 22.6 Å². The maximum absolute atomic E-state index is 10.7. The molecule has 0 aliphatic heterocycles. The second kappa shape index (κ2) is 5.61. The molecule has 3 aromatic rings. The number of nitro benzene ring substituents is 1. The molecule has 0 spiro atoms. The van der Waals surface area contributed by atoms with Gasteiger partial charge in [0.05, 0.1) is 10.6 Å². The van der Waals surface area contributed by atoms with Gasteiger partial charge in [-0.3, -0.25) is 10.1 Å². The third kappa shape index (κ3) is 2.76. The van der Waals surface area contributed by atoms with Crippen LogP contribution in [0, 0.1) is 10.1 Å². The van der Waals surface area contributed by atoms with Crippen molar-refractivity contribution in [2.24, 2.45) is 0 Å². The topological polar surface area (TPSA) is 89.2 Å². The summed E-state index contributed by atoms with van der Waals surface area (Å²) in [6.07, 6.45) is 0. The third-order valence-corrected chi connectivity index (χ3v) is 3.12. The highest BCUT2D eigenvalue weighted by Gasteiger charge is 2.10. The standard InChI is InChI=1S/C16H11N3O3/c20-15-10-14(11-6-8-13(9-7-11)19(21)22)17-16(18-15)12-4-2-1-3-5-12/h1-10H,(H,17,18,20). The van der Waals surface area contributed by atoms with Crippen LogP contribution in [0.15, 0.2) is 60.7 Å². The molecule has 0 saturated carbocycles. The highest BCUT2D eigenvalue weighted by molar-refractivity contribution is 5.65. The van der Waals surface area contributed by atoms with Crippen molar-refractivity contribution in [3.63, 3.8) is 0 Å². The van der Waals surface area contributed by atoms with E-state index in [9.17, 15) is 15.2 Å². The van der Waals surface area contributed by atoms with Gasteiger partial charge in [0, 0.05) is 29.3 Å². The van der Waals surface area contributed by atoms with E-state index in [0.717, 1.165) is 5.56 Å². The van der Waals surface area contributed by atoms with Crippen LogP contribution >= 0.6 is 0 Å². The van der Waals surface area contributed by atoms with Gasteiger partial charge in [-0.05, 0) is 12.1 Å². The fourth-order valence-electron chi connectivity index (χ4n) is 2.05. The quantitative estimate of drug-likeness (QED) is 0.590. The van der Waals surface area contributed by atoms with E-state index >= 15 is 0 Å². The lowest BCUT2D eigenvalue weighted by molar-refractivity contribution is -0.384. The molecule has 108 valence electrons. The summed E-state index contributed by atoms with van der Waals surface area (Å²) in [6.45, 7) is 0. The molecule has 6 heteroatoms. The van der Waals surface area contributed by atoms with E-state index in [-0.39, 0.29) is 11.6 Å². The molecule has 0 unspecified atom stereocenters. The van der Waals surface area contributed by atoms with E-state index in [1.165, 1.54) is 18.2 Å². The minimum atomic E-state index is -0.462. The SMILES string of the molecule is O=[N+]([O-])c1ccc(-c2cc(O)nc(-c3ccccc3)n2)cc1. The van der Waals surface area contributed by atoms with Crippen LogP contribution in [-0.2, 0) is 0 Å². The molecule has 0 aliphatic carbocycles. The van der Waals surface area contributed by atoms with E-state index in [2.05, 4.69) is 9.97 Å². The molecule has 0 bridgehead atoms. The maximum Gasteiger partial charge on any atom is 0.269 e. The largest absolute Gasteiger partial charge is 0.493 e. The molecular weight excluding hydrogens is 282 g/mol. The van der Waals surface area contributed by atoms with E-state index in [0.29, 0.717) is 17.1 Å². The summed E-state index contributed by atoms with van der Waals surface area (Å²) in [4.78, 5) is 18.6. The molecule has 1 N–H and O–H groups in total. The number of benzene rings is 2. The van der Waals surface area contributed by atoms with Crippen molar-refractivity contribution in [1.82, 2.24) is 9.97 Å². The molecule has 6 nitrogen and oxygen atoms in total. The zero-order chi connectivity index (χ0) is 15.5. The van der Waals surface area contributed by atoms with Crippen molar-refractivity contribution in [2.45, 2.75) is 0 Å². The monoisotopic (exact) mass is 293 g/mol. The Morgan fingerprint density at radius 2 is 1.59 bits per heavy atom. The smallest absolute Gasteiger partial charge is 0.269 e. The number of rotatable bonds is 3. The van der Waals surface area contributed by atoms with Gasteiger partial charge < -0.3 is 5.11 Å². The Hall–Kier alpha value is -3.28. The lowest BCUT2D eigenvalue weighted by Gasteiger charge is -2.05. The van der Waals surface area contributed by atoms with Crippen LogP contribution in [0.5, 0.6) is 5.88 Å². The summed E-state index contributed by atoms with van der Waals surface area (Å²) < 4.78 is 0. The van der Waals surface area contributed by atoms with Crippen LogP contribution in [0.4, 0.5) is 5.69 Å². The van der Waals surface area contributed by atoms with Gasteiger partial charge in [0.2, 0.25) is 5.88 Å². The average Bonchev–Trinajstić information content (AvgIpc) is 2.55. The number of aromatic nitrogens is 2. The fourth-order valence-corrected chi connectivity index (χ4v) is 2.05. The van der Waals surface area contributed by atoms with Gasteiger partial charge in [-0.25, -0.2) is 4.98 Å². The highest BCUT2D eigenvalue weighted by Crippen LogP contribution is 2.26. The molecular formula is C16H11N3O3. The van der Waals surface area contributed by atoms with Crippen LogP contribution in [0.3, 0.4) is 0 Å². The van der Waals surface area contributed by atoms with Crippen molar-refractivity contribution in [2.75, 3.05) is 0 Å². The Morgan fingerprint density at radius 1 is 0.909 bits per heavy atom. The molecule has 0 radical (unpaired) electrons. The summed E-state index contributed by atoms with van der Waals surface area (Å²) in [6, 6.07) is 16.7. The molecule has 0 saturated heterocycles. The third-order valence-electron chi connectivity index (χ3n) is 3.12. The summed E-state index contributed by atoms with van der Waals surface area (Å²) in [5.41, 5.74) is 1.95. The normalized spacial score (nSPS) is 10.4. The Bertz CT molecular complexity index is 818. The highest BCUT2D eigenvalue weighted by atomic mass is 16.6. The summed E-state index contributed by atoms with van der Waals surface area (Å²) in [5, 5.41) is 20.5. The molecule has 0 aliphatic rings. The summed E-state index contributed by atoms with van der Waals surface area (Å²) in [7, 11) is 0. The number of hydrogen-bond acceptors (Lipinski definition) is 5. The Morgan fingerprint density at radius 3 is 2.23 bits per heavy atom. The molecule has 0 amide bonds. The van der Waals surface area contributed by atoms with E-state index < -0.39 is 4.92 Å². The predicted molar refractivity (Wildman–Crippen MR) is 81.2 cm³/mol. The molecule has 0 fully saturated rings. The Balaban J connectivity index is 2.04. The van der Waals surface area contributed by atoms with Crippen molar-refractivity contribution in [3.8, 4) is 28.5 Å². The zero-order valence-corrected chi connectivity index (χ0v) is 11.4. The lowest BCUT2D eigenvalue weighted by atomic mass is 10.1. The zero-order valence-electron chi connectivity index (χ0n) is 11.4. The number of nitro groups is 1. The second-order valence-corrected chi connectivity index (χ2v) is 4.60. The van der Waals surface area contributed by atoms with Gasteiger partial charge in [-0.15, -0.1) is 0 Å². The molecule has 2 aromatic carbocycles. The fraction of sp³-hybridized carbons (Fsp3) is 0. The summed E-state index contributed by atoms with van der Waals surface area (Å²) in [5.74, 6) is 0.246. The van der Waals surface area contributed by atoms with Crippen molar-refractivity contribution in [3.05, 3.63) is 70.8 Å². The van der Waals surface area contributed by atoms with E-state index in [1.807, 2.05) is 30.3 Å². The Kier molecular flexibility index (Phi) is 3.49. The summed E-state index contributed by atoms with van der Waals surface area (Å²) >= 11 is 0. The first-order valence-electron chi connectivity index (χ1n) is 6.52. The molecule has 1 heterocycles. The van der Waals surface area contributed by atoms with Crippen LogP contribution in [0.2, 0.25) is 0 Å². The minimum absolute atomic E-state index is 0.00492. The lowest BCUT2D eigenvalue weighted by Crippen LogP contribution is -1.93. The van der Waals surface area contributed by atoms with Gasteiger partial charge in [-0.1, -0.05) is 30.3 Å². The first-order chi connectivity index (χ1) is 10.6. The molecule has 3 rings (SSSR count). The number of aromatic hydroxyl groups is 1. The molecule has 22 heavy (non-hydrogen) atoms. The van der Waals surface area contributed by atoms with Gasteiger partial charge >= 0.3 is 0 Å². The number of non-ortho nitro benzene ring substituents is 1.